The highest BCUT2D eigenvalue weighted by molar-refractivity contribution is 6.30. The molecule has 0 N–H and O–H groups in total. The van der Waals surface area contributed by atoms with Crippen molar-refractivity contribution in [2.24, 2.45) is 0 Å². The number of fused-ring (bicyclic) bond motifs is 1. The van der Waals surface area contributed by atoms with E-state index in [0.29, 0.717) is 48.1 Å². The maximum atomic E-state index is 13.5. The second-order valence-electron chi connectivity index (χ2n) is 9.27. The molecule has 4 aromatic rings. The zero-order valence-electron chi connectivity index (χ0n) is 20.3. The molecule has 2 aromatic heterocycles. The van der Waals surface area contributed by atoms with E-state index in [1.165, 1.54) is 6.07 Å². The van der Waals surface area contributed by atoms with Crippen LogP contribution in [0.3, 0.4) is 0 Å². The van der Waals surface area contributed by atoms with Crippen LogP contribution in [-0.4, -0.2) is 46.4 Å². The lowest BCUT2D eigenvalue weighted by Crippen LogP contribution is -2.49. The lowest BCUT2D eigenvalue weighted by Gasteiger charge is -2.36. The third kappa shape index (κ3) is 5.30. The fourth-order valence-corrected chi connectivity index (χ4v) is 5.18. The van der Waals surface area contributed by atoms with Crippen molar-refractivity contribution < 1.29 is 18.0 Å². The maximum absolute atomic E-state index is 13.5. The second-order valence-corrected chi connectivity index (χ2v) is 9.71. The highest BCUT2D eigenvalue weighted by Crippen LogP contribution is 2.35. The standard InChI is InChI=1S/C28H26ClF3N4O/c1-19-5-2-10-26-33-18-25(36(19)26)24(20-6-3-7-21(15-20)28(30,31)32)17-27(37)35-13-11-34(12-14-35)23-9-4-8-22(29)16-23/h2-10,15-16,18,24H,11-14,17H2,1H3. The van der Waals surface area contributed by atoms with Crippen molar-refractivity contribution >= 4 is 28.8 Å². The van der Waals surface area contributed by atoms with E-state index in [-0.39, 0.29) is 12.3 Å². The Balaban J connectivity index is 1.42. The van der Waals surface area contributed by atoms with Gasteiger partial charge in [-0.05, 0) is 48.9 Å². The molecule has 1 saturated heterocycles. The minimum absolute atomic E-state index is 0.0423. The summed E-state index contributed by atoms with van der Waals surface area (Å²) in [5.41, 5.74) is 2.98. The smallest absolute Gasteiger partial charge is 0.368 e. The first-order valence-corrected chi connectivity index (χ1v) is 12.5. The molecule has 9 heteroatoms. The van der Waals surface area contributed by atoms with Crippen molar-refractivity contribution in [2.75, 3.05) is 31.1 Å². The molecule has 3 heterocycles. The van der Waals surface area contributed by atoms with Gasteiger partial charge in [0.1, 0.15) is 5.65 Å². The summed E-state index contributed by atoms with van der Waals surface area (Å²) >= 11 is 6.13. The number of aromatic nitrogens is 2. The third-order valence-electron chi connectivity index (χ3n) is 6.91. The van der Waals surface area contributed by atoms with Crippen molar-refractivity contribution in [1.29, 1.82) is 0 Å². The molecular formula is C28H26ClF3N4O. The van der Waals surface area contributed by atoms with E-state index in [0.717, 1.165) is 23.5 Å². The van der Waals surface area contributed by atoms with Crippen LogP contribution in [-0.2, 0) is 11.0 Å². The Bertz CT molecular complexity index is 1430. The summed E-state index contributed by atoms with van der Waals surface area (Å²) in [6, 6.07) is 18.5. The molecule has 192 valence electrons. The van der Waals surface area contributed by atoms with Gasteiger partial charge in [-0.3, -0.25) is 4.79 Å². The predicted molar refractivity (Wildman–Crippen MR) is 138 cm³/mol. The number of carbonyl (C=O) groups is 1. The van der Waals surface area contributed by atoms with Crippen LogP contribution in [0.25, 0.3) is 5.65 Å². The van der Waals surface area contributed by atoms with Gasteiger partial charge in [-0.15, -0.1) is 0 Å². The monoisotopic (exact) mass is 526 g/mol. The van der Waals surface area contributed by atoms with Crippen LogP contribution >= 0.6 is 11.6 Å². The number of pyridine rings is 1. The second kappa shape index (κ2) is 10.1. The molecule has 1 atom stereocenters. The summed E-state index contributed by atoms with van der Waals surface area (Å²) in [6.45, 7) is 4.25. The minimum atomic E-state index is -4.48. The molecule has 0 radical (unpaired) electrons. The van der Waals surface area contributed by atoms with Gasteiger partial charge in [0.15, 0.2) is 0 Å². The summed E-state index contributed by atoms with van der Waals surface area (Å²) < 4.78 is 42.5. The summed E-state index contributed by atoms with van der Waals surface area (Å²) in [6.07, 6.45) is -2.77. The topological polar surface area (TPSA) is 40.9 Å². The fourth-order valence-electron chi connectivity index (χ4n) is 4.99. The Labute approximate surface area is 218 Å². The lowest BCUT2D eigenvalue weighted by atomic mass is 9.90. The van der Waals surface area contributed by atoms with Crippen molar-refractivity contribution in [3.05, 3.63) is 100 Å². The molecule has 1 unspecified atom stereocenters. The van der Waals surface area contributed by atoms with E-state index in [1.54, 1.807) is 17.2 Å². The zero-order chi connectivity index (χ0) is 26.2. The number of carbonyl (C=O) groups excluding carboxylic acids is 1. The first-order valence-electron chi connectivity index (χ1n) is 12.1. The first-order chi connectivity index (χ1) is 17.7. The molecule has 5 nitrogen and oxygen atoms in total. The maximum Gasteiger partial charge on any atom is 0.416 e. The van der Waals surface area contributed by atoms with Gasteiger partial charge in [0.25, 0.3) is 0 Å². The van der Waals surface area contributed by atoms with Gasteiger partial charge in [-0.1, -0.05) is 41.9 Å². The molecule has 1 aliphatic rings. The molecule has 0 saturated carbocycles. The summed E-state index contributed by atoms with van der Waals surface area (Å²) in [7, 11) is 0. The van der Waals surface area contributed by atoms with Crippen molar-refractivity contribution in [1.82, 2.24) is 14.3 Å². The highest BCUT2D eigenvalue weighted by Gasteiger charge is 2.33. The van der Waals surface area contributed by atoms with Crippen LogP contribution < -0.4 is 4.90 Å². The Morgan fingerprint density at radius 1 is 1.00 bits per heavy atom. The van der Waals surface area contributed by atoms with Crippen LogP contribution in [0.15, 0.2) is 72.9 Å². The van der Waals surface area contributed by atoms with Crippen molar-refractivity contribution in [3.63, 3.8) is 0 Å². The molecule has 0 spiro atoms. The summed E-state index contributed by atoms with van der Waals surface area (Å²) in [5.74, 6) is -0.687. The summed E-state index contributed by atoms with van der Waals surface area (Å²) in [4.78, 5) is 21.9. The molecule has 1 aliphatic heterocycles. The van der Waals surface area contributed by atoms with Gasteiger partial charge in [-0.2, -0.15) is 13.2 Å². The van der Waals surface area contributed by atoms with Crippen LogP contribution in [0.5, 0.6) is 0 Å². The highest BCUT2D eigenvalue weighted by atomic mass is 35.5. The van der Waals surface area contributed by atoms with Gasteiger partial charge >= 0.3 is 6.18 Å². The van der Waals surface area contributed by atoms with Gasteiger partial charge < -0.3 is 14.2 Å². The number of hydrogen-bond acceptors (Lipinski definition) is 3. The minimum Gasteiger partial charge on any atom is -0.368 e. The van der Waals surface area contributed by atoms with Crippen LogP contribution in [0.1, 0.15) is 34.9 Å². The quantitative estimate of drug-likeness (QED) is 0.311. The Morgan fingerprint density at radius 3 is 2.46 bits per heavy atom. The molecule has 0 aliphatic carbocycles. The number of alkyl halides is 3. The number of anilines is 1. The average Bonchev–Trinajstić information content (AvgIpc) is 3.32. The normalized spacial score (nSPS) is 15.3. The summed E-state index contributed by atoms with van der Waals surface area (Å²) in [5, 5.41) is 0.656. The largest absolute Gasteiger partial charge is 0.416 e. The Hall–Kier alpha value is -3.52. The zero-order valence-corrected chi connectivity index (χ0v) is 21.0. The van der Waals surface area contributed by atoms with Crippen LogP contribution in [0.4, 0.5) is 18.9 Å². The van der Waals surface area contributed by atoms with Crippen LogP contribution in [0, 0.1) is 6.92 Å². The molecule has 1 amide bonds. The number of imidazole rings is 1. The van der Waals surface area contributed by atoms with Gasteiger partial charge in [-0.25, -0.2) is 4.98 Å². The molecule has 37 heavy (non-hydrogen) atoms. The molecule has 2 aromatic carbocycles. The number of aryl methyl sites for hydroxylation is 1. The molecule has 5 rings (SSSR count). The number of hydrogen-bond donors (Lipinski definition) is 0. The van der Waals surface area contributed by atoms with Crippen LogP contribution in [0.2, 0.25) is 5.02 Å². The van der Waals surface area contributed by atoms with Crippen molar-refractivity contribution in [3.8, 4) is 0 Å². The fraction of sp³-hybridized carbons (Fsp3) is 0.286. The lowest BCUT2D eigenvalue weighted by molar-refractivity contribution is -0.137. The van der Waals surface area contributed by atoms with E-state index < -0.39 is 17.7 Å². The predicted octanol–water partition coefficient (Wildman–Crippen LogP) is 6.19. The van der Waals surface area contributed by atoms with E-state index in [9.17, 15) is 18.0 Å². The van der Waals surface area contributed by atoms with E-state index >= 15 is 0 Å². The van der Waals surface area contributed by atoms with Gasteiger partial charge in [0.2, 0.25) is 5.91 Å². The first kappa shape index (κ1) is 25.1. The van der Waals surface area contributed by atoms with E-state index in [1.807, 2.05) is 53.8 Å². The van der Waals surface area contributed by atoms with Gasteiger partial charge in [0.05, 0.1) is 11.3 Å². The number of halogens is 4. The molecular weight excluding hydrogens is 501 g/mol. The SMILES string of the molecule is Cc1cccc2ncc(C(CC(=O)N3CCN(c4cccc(Cl)c4)CC3)c3cccc(C(F)(F)F)c3)n12. The Morgan fingerprint density at radius 2 is 1.73 bits per heavy atom. The van der Waals surface area contributed by atoms with E-state index in [2.05, 4.69) is 9.88 Å². The number of piperazine rings is 1. The number of nitrogens with zero attached hydrogens (tertiary/aromatic N) is 4. The van der Waals surface area contributed by atoms with Gasteiger partial charge in [0, 0.05) is 61.1 Å². The third-order valence-corrected chi connectivity index (χ3v) is 7.14. The van der Waals surface area contributed by atoms with Crippen molar-refractivity contribution in [2.45, 2.75) is 25.4 Å². The molecule has 1 fully saturated rings. The average molecular weight is 527 g/mol. The van der Waals surface area contributed by atoms with E-state index in [4.69, 9.17) is 11.6 Å². The number of amides is 1. The number of rotatable bonds is 5. The molecule has 0 bridgehead atoms. The number of benzene rings is 2. The Kier molecular flexibility index (Phi) is 6.86.